The number of hydrogen-bond acceptors (Lipinski definition) is 2. The molecule has 2 amide bonds. The van der Waals surface area contributed by atoms with Crippen molar-refractivity contribution in [3.63, 3.8) is 0 Å². The van der Waals surface area contributed by atoms with E-state index in [1.165, 1.54) is 6.92 Å². The Morgan fingerprint density at radius 2 is 2.00 bits per heavy atom. The number of carbonyl (C=O) groups is 2. The van der Waals surface area contributed by atoms with E-state index in [0.717, 1.165) is 6.42 Å². The van der Waals surface area contributed by atoms with Crippen LogP contribution in [0.2, 0.25) is 10.0 Å². The lowest BCUT2D eigenvalue weighted by Crippen LogP contribution is -2.38. The number of nitrogens with one attached hydrogen (secondary N) is 1. The summed E-state index contributed by atoms with van der Waals surface area (Å²) in [4.78, 5) is 25.2. The first-order valence-electron chi connectivity index (χ1n) is 6.87. The number of anilines is 1. The fourth-order valence-corrected chi connectivity index (χ4v) is 2.29. The molecule has 0 radical (unpaired) electrons. The number of halogens is 2. The van der Waals surface area contributed by atoms with Crippen molar-refractivity contribution < 1.29 is 9.59 Å². The normalized spacial score (nSPS) is 11.9. The van der Waals surface area contributed by atoms with Crippen molar-refractivity contribution in [3.8, 4) is 0 Å². The van der Waals surface area contributed by atoms with E-state index in [9.17, 15) is 9.59 Å². The molecule has 0 heterocycles. The van der Waals surface area contributed by atoms with Gasteiger partial charge in [-0.05, 0) is 25.5 Å². The minimum atomic E-state index is -0.200. The molecule has 1 rings (SSSR count). The molecule has 4 nitrogen and oxygen atoms in total. The molecule has 0 bridgehead atoms. The van der Waals surface area contributed by atoms with Gasteiger partial charge in [0.2, 0.25) is 11.8 Å². The van der Waals surface area contributed by atoms with Gasteiger partial charge in [0.05, 0.1) is 15.7 Å². The molecule has 1 unspecified atom stereocenters. The van der Waals surface area contributed by atoms with Crippen LogP contribution in [0.15, 0.2) is 18.2 Å². The fraction of sp³-hybridized carbons (Fsp3) is 0.467. The third kappa shape index (κ3) is 5.21. The Hall–Kier alpha value is -1.26. The molecule has 1 atom stereocenters. The number of benzene rings is 1. The summed E-state index contributed by atoms with van der Waals surface area (Å²) < 4.78 is 0. The van der Waals surface area contributed by atoms with Crippen LogP contribution in [0.4, 0.5) is 5.69 Å². The van der Waals surface area contributed by atoms with Crippen molar-refractivity contribution in [3.05, 3.63) is 28.2 Å². The number of amides is 2. The van der Waals surface area contributed by atoms with Gasteiger partial charge in [-0.3, -0.25) is 9.59 Å². The minimum absolute atomic E-state index is 0.0297. The molecular weight excluding hydrogens is 311 g/mol. The fourth-order valence-electron chi connectivity index (χ4n) is 1.94. The van der Waals surface area contributed by atoms with Crippen molar-refractivity contribution >= 4 is 40.7 Å². The molecule has 6 heteroatoms. The second-order valence-corrected chi connectivity index (χ2v) is 5.65. The van der Waals surface area contributed by atoms with Crippen molar-refractivity contribution in [2.24, 2.45) is 0 Å². The second-order valence-electron chi connectivity index (χ2n) is 4.87. The van der Waals surface area contributed by atoms with E-state index in [2.05, 4.69) is 5.32 Å². The summed E-state index contributed by atoms with van der Waals surface area (Å²) in [6.07, 6.45) is 1.06. The maximum Gasteiger partial charge on any atom is 0.226 e. The highest BCUT2D eigenvalue weighted by molar-refractivity contribution is 6.43. The molecule has 0 saturated heterocycles. The summed E-state index contributed by atoms with van der Waals surface area (Å²) in [5.74, 6) is -0.230. The third-order valence-corrected chi connectivity index (χ3v) is 4.15. The minimum Gasteiger partial charge on any atom is -0.340 e. The monoisotopic (exact) mass is 330 g/mol. The highest BCUT2D eigenvalue weighted by Crippen LogP contribution is 2.29. The number of hydrogen-bond donors (Lipinski definition) is 1. The third-order valence-electron chi connectivity index (χ3n) is 3.33. The Morgan fingerprint density at radius 3 is 2.57 bits per heavy atom. The van der Waals surface area contributed by atoms with E-state index in [0.29, 0.717) is 22.3 Å². The molecule has 1 aromatic rings. The highest BCUT2D eigenvalue weighted by Gasteiger charge is 2.16. The zero-order chi connectivity index (χ0) is 16.0. The van der Waals surface area contributed by atoms with Gasteiger partial charge in [0, 0.05) is 25.9 Å². The number of nitrogens with zero attached hydrogens (tertiary/aromatic N) is 1. The maximum atomic E-state index is 12.0. The van der Waals surface area contributed by atoms with Gasteiger partial charge in [-0.25, -0.2) is 0 Å². The van der Waals surface area contributed by atoms with Gasteiger partial charge in [-0.2, -0.15) is 0 Å². The summed E-state index contributed by atoms with van der Waals surface area (Å²) in [5, 5.41) is 3.41. The Labute approximate surface area is 135 Å². The van der Waals surface area contributed by atoms with Gasteiger partial charge >= 0.3 is 0 Å². The lowest BCUT2D eigenvalue weighted by molar-refractivity contribution is -0.131. The molecule has 0 saturated carbocycles. The average Bonchev–Trinajstić information content (AvgIpc) is 2.43. The van der Waals surface area contributed by atoms with E-state index in [1.54, 1.807) is 23.1 Å². The van der Waals surface area contributed by atoms with Crippen LogP contribution in [-0.4, -0.2) is 29.3 Å². The lowest BCUT2D eigenvalue weighted by Gasteiger charge is -2.27. The van der Waals surface area contributed by atoms with Gasteiger partial charge in [-0.15, -0.1) is 0 Å². The lowest BCUT2D eigenvalue weighted by atomic mass is 10.2. The Bertz CT molecular complexity index is 520. The Kier molecular flexibility index (Phi) is 6.99. The molecule has 0 aliphatic heterocycles. The molecule has 116 valence electrons. The number of rotatable bonds is 6. The molecule has 0 fully saturated rings. The van der Waals surface area contributed by atoms with Crippen molar-refractivity contribution in [1.29, 1.82) is 0 Å². The molecule has 1 N–H and O–H groups in total. The van der Waals surface area contributed by atoms with Gasteiger partial charge < -0.3 is 10.2 Å². The zero-order valence-corrected chi connectivity index (χ0v) is 14.0. The first kappa shape index (κ1) is 17.8. The summed E-state index contributed by atoms with van der Waals surface area (Å²) in [6.45, 7) is 5.87. The largest absolute Gasteiger partial charge is 0.340 e. The second kappa shape index (κ2) is 8.25. The molecular formula is C15H20Cl2N2O2. The molecule has 21 heavy (non-hydrogen) atoms. The van der Waals surface area contributed by atoms with Crippen molar-refractivity contribution in [1.82, 2.24) is 4.90 Å². The van der Waals surface area contributed by atoms with E-state index in [4.69, 9.17) is 23.2 Å². The molecule has 0 aromatic heterocycles. The Balaban J connectivity index is 2.61. The SMILES string of the molecule is CCC(C)N(CCC(=O)Nc1cccc(Cl)c1Cl)C(C)=O. The van der Waals surface area contributed by atoms with Gasteiger partial charge in [-0.1, -0.05) is 36.2 Å². The van der Waals surface area contributed by atoms with Gasteiger partial charge in [0.25, 0.3) is 0 Å². The topological polar surface area (TPSA) is 49.4 Å². The zero-order valence-electron chi connectivity index (χ0n) is 12.5. The first-order chi connectivity index (χ1) is 9.86. The highest BCUT2D eigenvalue weighted by atomic mass is 35.5. The van der Waals surface area contributed by atoms with Gasteiger partial charge in [0.15, 0.2) is 0 Å². The molecule has 0 spiro atoms. The predicted octanol–water partition coefficient (Wildman–Crippen LogP) is 3.97. The van der Waals surface area contributed by atoms with Crippen molar-refractivity contribution in [2.45, 2.75) is 39.7 Å². The van der Waals surface area contributed by atoms with Crippen LogP contribution in [-0.2, 0) is 9.59 Å². The summed E-state index contributed by atoms with van der Waals surface area (Å²) in [7, 11) is 0. The van der Waals surface area contributed by atoms with Gasteiger partial charge in [0.1, 0.15) is 0 Å². The predicted molar refractivity (Wildman–Crippen MR) is 86.8 cm³/mol. The van der Waals surface area contributed by atoms with Crippen LogP contribution in [0.25, 0.3) is 0 Å². The smallest absolute Gasteiger partial charge is 0.226 e. The summed E-state index contributed by atoms with van der Waals surface area (Å²) in [6, 6.07) is 5.17. The van der Waals surface area contributed by atoms with Crippen LogP contribution in [0.3, 0.4) is 0 Å². The maximum absolute atomic E-state index is 12.0. The van der Waals surface area contributed by atoms with Crippen LogP contribution in [0.5, 0.6) is 0 Å². The summed E-state index contributed by atoms with van der Waals surface area (Å²) in [5.41, 5.74) is 0.479. The molecule has 0 aliphatic carbocycles. The van der Waals surface area contributed by atoms with E-state index >= 15 is 0 Å². The van der Waals surface area contributed by atoms with E-state index < -0.39 is 0 Å². The average molecular weight is 331 g/mol. The van der Waals surface area contributed by atoms with E-state index in [1.807, 2.05) is 13.8 Å². The standard InChI is InChI=1S/C15H20Cl2N2O2/c1-4-10(2)19(11(3)20)9-8-14(21)18-13-7-5-6-12(16)15(13)17/h5-7,10H,4,8-9H2,1-3H3,(H,18,21). The molecule has 1 aromatic carbocycles. The first-order valence-corrected chi connectivity index (χ1v) is 7.63. The van der Waals surface area contributed by atoms with Crippen LogP contribution >= 0.6 is 23.2 Å². The van der Waals surface area contributed by atoms with Crippen LogP contribution in [0.1, 0.15) is 33.6 Å². The van der Waals surface area contributed by atoms with Crippen LogP contribution in [0, 0.1) is 0 Å². The quantitative estimate of drug-likeness (QED) is 0.857. The summed E-state index contributed by atoms with van der Waals surface area (Å²) >= 11 is 11.9. The number of carbonyl (C=O) groups excluding carboxylic acids is 2. The Morgan fingerprint density at radius 1 is 1.33 bits per heavy atom. The van der Waals surface area contributed by atoms with Crippen molar-refractivity contribution in [2.75, 3.05) is 11.9 Å². The molecule has 0 aliphatic rings. The van der Waals surface area contributed by atoms with E-state index in [-0.39, 0.29) is 24.3 Å². The van der Waals surface area contributed by atoms with Crippen LogP contribution < -0.4 is 5.32 Å².